The zero-order valence-electron chi connectivity index (χ0n) is 51.1. The molecule has 4 nitrogen and oxygen atoms in total. The van der Waals surface area contributed by atoms with Crippen LogP contribution in [-0.2, 0) is 5.41 Å². The highest BCUT2D eigenvalue weighted by Crippen LogP contribution is 2.59. The van der Waals surface area contributed by atoms with Gasteiger partial charge in [-0.2, -0.15) is 0 Å². The van der Waals surface area contributed by atoms with Gasteiger partial charge in [0.1, 0.15) is 0 Å². The largest absolute Gasteiger partial charge is 0.310 e. The van der Waals surface area contributed by atoms with E-state index < -0.39 is 5.41 Å². The second-order valence-electron chi connectivity index (χ2n) is 25.8. The summed E-state index contributed by atoms with van der Waals surface area (Å²) < 4.78 is 9.83. The first-order chi connectivity index (χ1) is 44.9. The minimum Gasteiger partial charge on any atom is -0.310 e. The summed E-state index contributed by atoms with van der Waals surface area (Å²) >= 11 is 0. The topological polar surface area (TPSA) is 19.7 Å². The van der Waals surface area contributed by atoms with Crippen LogP contribution in [0.4, 0.5) is 0 Å². The first kappa shape index (κ1) is 52.0. The molecular weight excluding hydrogens is 1100 g/mol. The summed E-state index contributed by atoms with van der Waals surface area (Å²) in [6.07, 6.45) is 18.6. The van der Waals surface area contributed by atoms with Gasteiger partial charge >= 0.3 is 0 Å². The van der Waals surface area contributed by atoms with E-state index in [1.807, 2.05) is 0 Å². The molecule has 0 aliphatic heterocycles. The number of hydrogen-bond donors (Lipinski definition) is 0. The molecule has 0 radical (unpaired) electrons. The summed E-state index contributed by atoms with van der Waals surface area (Å²) in [7, 11) is 0. The lowest BCUT2D eigenvalue weighted by atomic mass is 9.65. The molecule has 11 aromatic carbocycles. The van der Waals surface area contributed by atoms with Crippen LogP contribution in [0.2, 0.25) is 0 Å². The van der Waals surface area contributed by atoms with Gasteiger partial charge in [-0.05, 0) is 205 Å². The van der Waals surface area contributed by atoms with Crippen molar-refractivity contribution in [3.63, 3.8) is 0 Å². The number of nitrogens with zero attached hydrogens (tertiary/aromatic N) is 4. The number of fused-ring (bicyclic) bond motifs is 14. The van der Waals surface area contributed by atoms with Crippen molar-refractivity contribution < 1.29 is 0 Å². The highest BCUT2D eigenvalue weighted by Gasteiger charge is 2.48. The first-order valence-corrected chi connectivity index (χ1v) is 32.6. The molecule has 0 N–H and O–H groups in total. The van der Waals surface area contributed by atoms with Crippen molar-refractivity contribution in [1.29, 1.82) is 0 Å². The Kier molecular flexibility index (Phi) is 11.5. The number of para-hydroxylation sites is 4. The van der Waals surface area contributed by atoms with E-state index in [4.69, 9.17) is 0 Å². The third-order valence-corrected chi connectivity index (χ3v) is 20.8. The molecule has 91 heavy (non-hydrogen) atoms. The van der Waals surface area contributed by atoms with Gasteiger partial charge in [0, 0.05) is 76.2 Å². The van der Waals surface area contributed by atoms with Crippen LogP contribution in [-0.4, -0.2) is 18.3 Å². The number of hydrogen-bond acceptors (Lipinski definition) is 0. The number of allylic oxidation sites excluding steroid dienone is 4. The predicted molar refractivity (Wildman–Crippen MR) is 382 cm³/mol. The maximum absolute atomic E-state index is 2.59. The smallest absolute Gasteiger partial charge is 0.0710 e. The number of rotatable bonds is 8. The number of aromatic nitrogens is 4. The van der Waals surface area contributed by atoms with Crippen molar-refractivity contribution in [2.45, 2.75) is 57.8 Å². The Morgan fingerprint density at radius 1 is 0.319 bits per heavy atom. The number of aryl methyl sites for hydroxylation is 1. The van der Waals surface area contributed by atoms with Crippen LogP contribution in [0.3, 0.4) is 0 Å². The van der Waals surface area contributed by atoms with E-state index >= 15 is 0 Å². The van der Waals surface area contributed by atoms with E-state index in [0.717, 1.165) is 49.9 Å². The molecule has 0 saturated heterocycles. The average molecular weight is 1170 g/mol. The normalized spacial score (nSPS) is 16.0. The Hall–Kier alpha value is -10.9. The molecule has 0 amide bonds. The first-order valence-electron chi connectivity index (χ1n) is 32.6. The lowest BCUT2D eigenvalue weighted by Crippen LogP contribution is -2.31. The van der Waals surface area contributed by atoms with Crippen molar-refractivity contribution in [1.82, 2.24) is 18.3 Å². The lowest BCUT2D eigenvalue weighted by Gasteiger charge is -2.36. The van der Waals surface area contributed by atoms with E-state index in [2.05, 4.69) is 311 Å². The molecule has 4 aliphatic carbocycles. The third-order valence-electron chi connectivity index (χ3n) is 20.8. The number of benzene rings is 11. The van der Waals surface area contributed by atoms with Crippen LogP contribution in [0, 0.1) is 6.92 Å². The van der Waals surface area contributed by atoms with E-state index in [1.165, 1.54) is 165 Å². The highest BCUT2D eigenvalue weighted by atomic mass is 15.0. The van der Waals surface area contributed by atoms with E-state index in [0.29, 0.717) is 0 Å². The lowest BCUT2D eigenvalue weighted by molar-refractivity contribution is 0.754. The third kappa shape index (κ3) is 7.69. The molecule has 19 rings (SSSR count). The van der Waals surface area contributed by atoms with E-state index in [9.17, 15) is 0 Å². The Balaban J connectivity index is 0.715. The Morgan fingerprint density at radius 2 is 0.714 bits per heavy atom. The fourth-order valence-corrected chi connectivity index (χ4v) is 16.7. The summed E-state index contributed by atoms with van der Waals surface area (Å²) in [6, 6.07) is 94.3. The molecule has 0 bridgehead atoms. The average Bonchev–Trinajstić information content (AvgIpc) is 1.58. The predicted octanol–water partition coefficient (Wildman–Crippen LogP) is 19.0. The van der Waals surface area contributed by atoms with Crippen molar-refractivity contribution in [2.24, 2.45) is 0 Å². The quantitative estimate of drug-likeness (QED) is 0.144. The van der Waals surface area contributed by atoms with Crippen LogP contribution >= 0.6 is 0 Å². The van der Waals surface area contributed by atoms with Crippen LogP contribution in [0.25, 0.3) is 140 Å². The van der Waals surface area contributed by atoms with Gasteiger partial charge in [-0.15, -0.1) is 0 Å². The highest BCUT2D eigenvalue weighted by molar-refractivity contribution is 6.11. The van der Waals surface area contributed by atoms with E-state index in [-0.39, 0.29) is 0 Å². The molecule has 1 unspecified atom stereocenters. The summed E-state index contributed by atoms with van der Waals surface area (Å²) in [5.74, 6) is 0. The molecule has 15 aromatic rings. The van der Waals surface area contributed by atoms with Crippen LogP contribution in [0.15, 0.2) is 266 Å². The zero-order valence-corrected chi connectivity index (χ0v) is 51.1. The molecule has 4 aliphatic rings. The van der Waals surface area contributed by atoms with Crippen LogP contribution < -0.4 is 21.1 Å². The maximum atomic E-state index is 2.59. The monoisotopic (exact) mass is 1160 g/mol. The van der Waals surface area contributed by atoms with Crippen molar-refractivity contribution >= 4 is 95.3 Å². The molecule has 4 aromatic heterocycles. The van der Waals surface area contributed by atoms with Gasteiger partial charge in [-0.3, -0.25) is 0 Å². The standard InChI is InChI=1S/C87H64N4/c1-55-27-47-67-68-48-28-56(2)52-78(68)87(77(67)51-55,61-37-49-85-75(53-61)73-19-7-13-25-83(73)90(85)65-43-33-59(34-44-65)57-29-39-63(40-30-57)88-79-21-9-3-15-69(79)70-16-4-10-22-80(70)88)62-38-50-86-76(54-62)74-20-8-14-26-84(74)91(86)66-45-35-60(36-46-66)58-31-41-64(42-32-58)89-81-23-11-5-17-71(81)72-18-6-12-24-82(72)89/h3-5,8-11,14-27,29-47,49-54H,6-7,12-13,28,48H2,1-2H3. The van der Waals surface area contributed by atoms with Crippen LogP contribution in [0.5, 0.6) is 0 Å². The van der Waals surface area contributed by atoms with Crippen molar-refractivity contribution in [3.05, 3.63) is 315 Å². The summed E-state index contributed by atoms with van der Waals surface area (Å²) in [6.45, 7) is 4.61. The minimum atomic E-state index is -0.572. The molecule has 0 spiro atoms. The second-order valence-corrected chi connectivity index (χ2v) is 25.8. The fourth-order valence-electron chi connectivity index (χ4n) is 16.7. The maximum Gasteiger partial charge on any atom is 0.0710 e. The summed E-state index contributed by atoms with van der Waals surface area (Å²) in [5, 5.41) is 13.0. The van der Waals surface area contributed by atoms with Crippen molar-refractivity contribution in [2.75, 3.05) is 0 Å². The van der Waals surface area contributed by atoms with Crippen molar-refractivity contribution in [3.8, 4) is 45.0 Å². The van der Waals surface area contributed by atoms with Gasteiger partial charge in [0.25, 0.3) is 0 Å². The van der Waals surface area contributed by atoms with Gasteiger partial charge in [0.15, 0.2) is 0 Å². The van der Waals surface area contributed by atoms with Gasteiger partial charge < -0.3 is 18.3 Å². The molecule has 0 fully saturated rings. The SMILES string of the molecule is CC1=CC2=C(CC1)c1ccc(C)cc1C2(c1ccc2c(c1)c1c(n2-c2ccc(-c3ccc(-n4c5ccccc5c5ccccc54)cc3)cc2)=CCCC=1)c1ccc2c(c1)c1ccccc1n2-c1ccc(-c2ccc(-n3c4c(c5ccccc53)=CCCC=4)cc2)cc1. The van der Waals surface area contributed by atoms with Crippen LogP contribution in [0.1, 0.15) is 73.3 Å². The zero-order chi connectivity index (χ0) is 60.1. The van der Waals surface area contributed by atoms with Gasteiger partial charge in [0.05, 0.1) is 38.5 Å². The Bertz CT molecular complexity index is 5880. The molecule has 4 heterocycles. The van der Waals surface area contributed by atoms with Gasteiger partial charge in [0.2, 0.25) is 0 Å². The molecular formula is C87H64N4. The molecule has 4 heteroatoms. The molecule has 0 saturated carbocycles. The summed E-state index contributed by atoms with van der Waals surface area (Å²) in [5.41, 5.74) is 27.3. The second kappa shape index (κ2) is 20.0. The Labute approximate surface area is 528 Å². The van der Waals surface area contributed by atoms with Gasteiger partial charge in [-0.1, -0.05) is 193 Å². The summed E-state index contributed by atoms with van der Waals surface area (Å²) in [4.78, 5) is 0. The van der Waals surface area contributed by atoms with E-state index in [1.54, 1.807) is 0 Å². The fraction of sp³-hybridized carbons (Fsp3) is 0.103. The molecule has 1 atom stereocenters. The molecule has 432 valence electrons. The van der Waals surface area contributed by atoms with Gasteiger partial charge in [-0.25, -0.2) is 0 Å². The Morgan fingerprint density at radius 3 is 1.22 bits per heavy atom. The minimum absolute atomic E-state index is 0.572.